The third-order valence-corrected chi connectivity index (χ3v) is 6.13. The number of amides is 1. The SMILES string of the molecule is CN1C=C(N2CCOCC2)N=C2C=C(C(=O)c3cccc(NC(=O)c4cccc(F)c4)c3)C=CC21. The number of likely N-dealkylation sites (N-methyl/N-ethyl adjacent to an activating group) is 1. The molecule has 0 spiro atoms. The molecule has 35 heavy (non-hydrogen) atoms. The van der Waals surface area contributed by atoms with Gasteiger partial charge in [-0.1, -0.05) is 30.4 Å². The lowest BCUT2D eigenvalue weighted by Gasteiger charge is -2.36. The first kappa shape index (κ1) is 22.7. The number of ketones is 1. The number of anilines is 1. The van der Waals surface area contributed by atoms with E-state index in [1.807, 2.05) is 31.5 Å². The monoisotopic (exact) mass is 472 g/mol. The minimum Gasteiger partial charge on any atom is -0.378 e. The quantitative estimate of drug-likeness (QED) is 0.673. The van der Waals surface area contributed by atoms with E-state index in [0.717, 1.165) is 24.6 Å². The van der Waals surface area contributed by atoms with Crippen LogP contribution in [0.3, 0.4) is 0 Å². The number of rotatable bonds is 5. The number of hydrogen-bond acceptors (Lipinski definition) is 6. The number of nitrogens with one attached hydrogen (secondary N) is 1. The van der Waals surface area contributed by atoms with Gasteiger partial charge < -0.3 is 19.9 Å². The summed E-state index contributed by atoms with van der Waals surface area (Å²) < 4.78 is 18.9. The maximum Gasteiger partial charge on any atom is 0.255 e. The average molecular weight is 473 g/mol. The number of nitrogens with zero attached hydrogens (tertiary/aromatic N) is 3. The molecule has 5 rings (SSSR count). The van der Waals surface area contributed by atoms with Gasteiger partial charge in [0.2, 0.25) is 0 Å². The highest BCUT2D eigenvalue weighted by Gasteiger charge is 2.27. The van der Waals surface area contributed by atoms with Gasteiger partial charge in [-0.3, -0.25) is 9.59 Å². The Labute approximate surface area is 202 Å². The first-order valence-corrected chi connectivity index (χ1v) is 11.4. The van der Waals surface area contributed by atoms with Crippen LogP contribution in [0.5, 0.6) is 0 Å². The minimum atomic E-state index is -0.487. The zero-order valence-electron chi connectivity index (χ0n) is 19.3. The summed E-state index contributed by atoms with van der Waals surface area (Å²) >= 11 is 0. The van der Waals surface area contributed by atoms with Crippen molar-refractivity contribution in [3.8, 4) is 0 Å². The van der Waals surface area contributed by atoms with Crippen molar-refractivity contribution in [2.45, 2.75) is 6.04 Å². The largest absolute Gasteiger partial charge is 0.378 e. The molecule has 1 fully saturated rings. The van der Waals surface area contributed by atoms with Crippen LogP contribution in [0.15, 0.2) is 89.3 Å². The summed E-state index contributed by atoms with van der Waals surface area (Å²) in [6.07, 6.45) is 7.63. The molecule has 1 N–H and O–H groups in total. The third-order valence-electron chi connectivity index (χ3n) is 6.13. The summed E-state index contributed by atoms with van der Waals surface area (Å²) in [7, 11) is 2.00. The van der Waals surface area contributed by atoms with E-state index in [0.29, 0.717) is 30.0 Å². The number of carbonyl (C=O) groups excluding carboxylic acids is 2. The van der Waals surface area contributed by atoms with Gasteiger partial charge in [-0.2, -0.15) is 0 Å². The predicted molar refractivity (Wildman–Crippen MR) is 132 cm³/mol. The minimum absolute atomic E-state index is 0.0340. The van der Waals surface area contributed by atoms with Gasteiger partial charge in [0.1, 0.15) is 11.6 Å². The number of benzene rings is 2. The van der Waals surface area contributed by atoms with Crippen molar-refractivity contribution in [2.75, 3.05) is 38.7 Å². The molecule has 1 saturated heterocycles. The van der Waals surface area contributed by atoms with E-state index in [1.165, 1.54) is 24.3 Å². The zero-order chi connectivity index (χ0) is 24.4. The average Bonchev–Trinajstić information content (AvgIpc) is 2.88. The fourth-order valence-electron chi connectivity index (χ4n) is 4.28. The molecular weight excluding hydrogens is 447 g/mol. The molecule has 2 aromatic rings. The van der Waals surface area contributed by atoms with E-state index in [1.54, 1.807) is 24.3 Å². The molecule has 8 heteroatoms. The highest BCUT2D eigenvalue weighted by molar-refractivity contribution is 6.17. The molecule has 178 valence electrons. The summed E-state index contributed by atoms with van der Waals surface area (Å²) in [5.74, 6) is -0.244. The standard InChI is InChI=1S/C27H25FN4O3/c1-31-17-25(32-10-12-35-13-11-32)30-23-16-19(8-9-24(23)31)26(33)18-4-3-7-22(15-18)29-27(34)20-5-2-6-21(28)14-20/h2-9,14-17,24H,10-13H2,1H3,(H,29,34). The molecule has 1 atom stereocenters. The van der Waals surface area contributed by atoms with E-state index in [4.69, 9.17) is 9.73 Å². The number of aliphatic imine (C=N–C) groups is 1. The van der Waals surface area contributed by atoms with Gasteiger partial charge in [-0.15, -0.1) is 0 Å². The Morgan fingerprint density at radius 2 is 1.86 bits per heavy atom. The molecule has 3 aliphatic rings. The normalized spacial score (nSPS) is 19.4. The number of ether oxygens (including phenoxy) is 1. The van der Waals surface area contributed by atoms with Crippen LogP contribution in [-0.4, -0.2) is 66.6 Å². The molecule has 2 aromatic carbocycles. The van der Waals surface area contributed by atoms with Gasteiger partial charge in [0.05, 0.1) is 25.0 Å². The van der Waals surface area contributed by atoms with Crippen LogP contribution in [0.1, 0.15) is 20.7 Å². The van der Waals surface area contributed by atoms with Crippen molar-refractivity contribution in [1.29, 1.82) is 0 Å². The Bertz CT molecular complexity index is 1290. The smallest absolute Gasteiger partial charge is 0.255 e. The summed E-state index contributed by atoms with van der Waals surface area (Å²) in [4.78, 5) is 34.9. The molecule has 1 amide bonds. The lowest BCUT2D eigenvalue weighted by molar-refractivity contribution is 0.0520. The van der Waals surface area contributed by atoms with Crippen LogP contribution < -0.4 is 5.32 Å². The third kappa shape index (κ3) is 4.93. The molecule has 0 radical (unpaired) electrons. The van der Waals surface area contributed by atoms with E-state index in [9.17, 15) is 14.0 Å². The topological polar surface area (TPSA) is 74.2 Å². The van der Waals surface area contributed by atoms with Crippen LogP contribution in [0.2, 0.25) is 0 Å². The lowest BCUT2D eigenvalue weighted by Crippen LogP contribution is -2.42. The first-order valence-electron chi connectivity index (χ1n) is 11.4. The van der Waals surface area contributed by atoms with Crippen LogP contribution in [0.25, 0.3) is 0 Å². The number of halogens is 1. The van der Waals surface area contributed by atoms with Crippen LogP contribution >= 0.6 is 0 Å². The van der Waals surface area contributed by atoms with Crippen LogP contribution in [-0.2, 0) is 4.74 Å². The molecular formula is C27H25FN4O3. The van der Waals surface area contributed by atoms with Gasteiger partial charge in [-0.05, 0) is 36.4 Å². The summed E-state index contributed by atoms with van der Waals surface area (Å²) in [6, 6.07) is 12.1. The van der Waals surface area contributed by atoms with Gasteiger partial charge in [0.15, 0.2) is 5.78 Å². The number of hydrogen-bond donors (Lipinski definition) is 1. The fraction of sp³-hybridized carbons (Fsp3) is 0.222. The Balaban J connectivity index is 1.35. The molecule has 2 heterocycles. The van der Waals surface area contributed by atoms with Crippen molar-refractivity contribution in [3.63, 3.8) is 0 Å². The van der Waals surface area contributed by atoms with Gasteiger partial charge in [0.25, 0.3) is 5.91 Å². The number of fused-ring (bicyclic) bond motifs is 1. The second kappa shape index (κ2) is 9.68. The summed E-state index contributed by atoms with van der Waals surface area (Å²) in [6.45, 7) is 2.89. The molecule has 2 aliphatic heterocycles. The summed E-state index contributed by atoms with van der Waals surface area (Å²) in [5, 5.41) is 2.73. The van der Waals surface area contributed by atoms with Crippen molar-refractivity contribution in [3.05, 3.63) is 101 Å². The van der Waals surface area contributed by atoms with Gasteiger partial charge in [0, 0.05) is 48.7 Å². The van der Waals surface area contributed by atoms with Crippen molar-refractivity contribution < 1.29 is 18.7 Å². The molecule has 7 nitrogen and oxygen atoms in total. The highest BCUT2D eigenvalue weighted by Crippen LogP contribution is 2.25. The predicted octanol–water partition coefficient (Wildman–Crippen LogP) is 3.64. The van der Waals surface area contributed by atoms with E-state index >= 15 is 0 Å². The van der Waals surface area contributed by atoms with Gasteiger partial charge in [-0.25, -0.2) is 9.38 Å². The van der Waals surface area contributed by atoms with Crippen LogP contribution in [0.4, 0.5) is 10.1 Å². The highest BCUT2D eigenvalue weighted by atomic mass is 19.1. The van der Waals surface area contributed by atoms with Crippen LogP contribution in [0, 0.1) is 5.82 Å². The number of allylic oxidation sites excluding steroid dienone is 2. The number of carbonyl (C=O) groups is 2. The molecule has 1 aliphatic carbocycles. The van der Waals surface area contributed by atoms with E-state index in [2.05, 4.69) is 15.1 Å². The van der Waals surface area contributed by atoms with E-state index < -0.39 is 11.7 Å². The Morgan fingerprint density at radius 1 is 1.09 bits per heavy atom. The lowest BCUT2D eigenvalue weighted by atomic mass is 9.93. The Kier molecular flexibility index (Phi) is 6.29. The zero-order valence-corrected chi connectivity index (χ0v) is 19.3. The molecule has 0 saturated carbocycles. The Hall–Kier alpha value is -4.04. The second-order valence-electron chi connectivity index (χ2n) is 8.57. The molecule has 1 unspecified atom stereocenters. The summed E-state index contributed by atoms with van der Waals surface area (Å²) in [5.41, 5.74) is 2.41. The van der Waals surface area contributed by atoms with Crippen molar-refractivity contribution >= 4 is 23.1 Å². The number of Topliss-reactive ketones (excluding diaryl/α,β-unsaturated/α-hetero) is 1. The first-order chi connectivity index (χ1) is 17.0. The second-order valence-corrected chi connectivity index (χ2v) is 8.57. The number of morpholine rings is 1. The molecule has 0 aromatic heterocycles. The maximum atomic E-state index is 13.5. The maximum absolute atomic E-state index is 13.5. The molecule has 0 bridgehead atoms. The van der Waals surface area contributed by atoms with E-state index in [-0.39, 0.29) is 17.4 Å². The van der Waals surface area contributed by atoms with Gasteiger partial charge >= 0.3 is 0 Å². The van der Waals surface area contributed by atoms with Crippen molar-refractivity contribution in [1.82, 2.24) is 9.80 Å². The Morgan fingerprint density at radius 3 is 2.66 bits per heavy atom. The van der Waals surface area contributed by atoms with Crippen molar-refractivity contribution in [2.24, 2.45) is 4.99 Å². The fourth-order valence-corrected chi connectivity index (χ4v) is 4.28.